The molecule has 0 saturated heterocycles. The molecule has 0 fully saturated rings. The van der Waals surface area contributed by atoms with Crippen molar-refractivity contribution in [2.45, 2.75) is 25.3 Å². The number of benzene rings is 3. The van der Waals surface area contributed by atoms with E-state index in [1.54, 1.807) is 49.4 Å². The van der Waals surface area contributed by atoms with Crippen LogP contribution in [-0.2, 0) is 22.4 Å². The number of carbonyl (C=O) groups excluding carboxylic acids is 3. The first-order valence-electron chi connectivity index (χ1n) is 10.3. The first-order chi connectivity index (χ1) is 15.0. The van der Waals surface area contributed by atoms with Gasteiger partial charge in [-0.2, -0.15) is 0 Å². The predicted molar refractivity (Wildman–Crippen MR) is 117 cm³/mol. The number of esters is 1. The molecule has 3 aromatic rings. The largest absolute Gasteiger partial charge is 0.464 e. The number of amides is 1. The van der Waals surface area contributed by atoms with Gasteiger partial charge in [0.15, 0.2) is 5.78 Å². The van der Waals surface area contributed by atoms with Crippen LogP contribution in [0.5, 0.6) is 0 Å². The Bertz CT molecular complexity index is 1120. The van der Waals surface area contributed by atoms with Gasteiger partial charge in [0.2, 0.25) is 0 Å². The summed E-state index contributed by atoms with van der Waals surface area (Å²) in [6.45, 7) is 1.96. The van der Waals surface area contributed by atoms with Crippen molar-refractivity contribution in [3.8, 4) is 0 Å². The quantitative estimate of drug-likeness (QED) is 0.494. The van der Waals surface area contributed by atoms with Crippen LogP contribution in [-0.4, -0.2) is 29.8 Å². The van der Waals surface area contributed by atoms with Gasteiger partial charge in [0.05, 0.1) is 6.61 Å². The smallest absolute Gasteiger partial charge is 0.332 e. The fourth-order valence-corrected chi connectivity index (χ4v) is 4.01. The zero-order chi connectivity index (χ0) is 21.8. The van der Waals surface area contributed by atoms with Gasteiger partial charge in [0, 0.05) is 29.5 Å². The molecule has 156 valence electrons. The summed E-state index contributed by atoms with van der Waals surface area (Å²) in [6.07, 6.45) is 0.592. The number of nitrogens with one attached hydrogen (secondary N) is 1. The summed E-state index contributed by atoms with van der Waals surface area (Å²) in [6, 6.07) is 23.3. The number of carbonyl (C=O) groups is 3. The van der Waals surface area contributed by atoms with Gasteiger partial charge in [-0.1, -0.05) is 60.7 Å². The van der Waals surface area contributed by atoms with E-state index in [2.05, 4.69) is 5.32 Å². The minimum Gasteiger partial charge on any atom is -0.464 e. The lowest BCUT2D eigenvalue weighted by molar-refractivity contribution is -0.150. The second-order valence-corrected chi connectivity index (χ2v) is 7.65. The van der Waals surface area contributed by atoms with E-state index >= 15 is 0 Å². The summed E-state index contributed by atoms with van der Waals surface area (Å²) in [5.74, 6) is -0.876. The van der Waals surface area contributed by atoms with Gasteiger partial charge in [0.1, 0.15) is 5.54 Å². The van der Waals surface area contributed by atoms with Crippen LogP contribution < -0.4 is 5.32 Å². The van der Waals surface area contributed by atoms with Crippen molar-refractivity contribution in [2.75, 3.05) is 6.61 Å². The van der Waals surface area contributed by atoms with Crippen LogP contribution in [0.15, 0.2) is 78.9 Å². The Morgan fingerprint density at radius 2 is 1.42 bits per heavy atom. The fourth-order valence-electron chi connectivity index (χ4n) is 4.01. The standard InChI is InChI=1S/C26H23NO4/c1-2-31-25(30)26(27-24(29)19-11-7-4-8-12-19)16-21-14-13-20(15-22(21)17-26)23(28)18-9-5-3-6-10-18/h3-15H,2,16-17H2,1H3,(H,27,29)/t26-/m1/s1. The molecular weight excluding hydrogens is 390 g/mol. The van der Waals surface area contributed by atoms with Gasteiger partial charge >= 0.3 is 5.97 Å². The first kappa shape index (κ1) is 20.5. The van der Waals surface area contributed by atoms with E-state index in [0.717, 1.165) is 11.1 Å². The number of ether oxygens (including phenoxy) is 1. The average Bonchev–Trinajstić information content (AvgIpc) is 3.18. The van der Waals surface area contributed by atoms with Crippen molar-refractivity contribution in [1.82, 2.24) is 5.32 Å². The molecule has 0 saturated carbocycles. The third-order valence-corrected chi connectivity index (χ3v) is 5.54. The summed E-state index contributed by atoms with van der Waals surface area (Å²) in [5.41, 5.74) is 2.23. The van der Waals surface area contributed by atoms with Crippen molar-refractivity contribution in [3.05, 3.63) is 107 Å². The van der Waals surface area contributed by atoms with E-state index < -0.39 is 11.5 Å². The van der Waals surface area contributed by atoms with E-state index in [-0.39, 0.29) is 24.7 Å². The minimum atomic E-state index is -1.19. The zero-order valence-corrected chi connectivity index (χ0v) is 17.3. The van der Waals surface area contributed by atoms with Crippen molar-refractivity contribution in [3.63, 3.8) is 0 Å². The monoisotopic (exact) mass is 413 g/mol. The molecule has 1 atom stereocenters. The minimum absolute atomic E-state index is 0.0784. The molecular formula is C26H23NO4. The molecule has 31 heavy (non-hydrogen) atoms. The lowest BCUT2D eigenvalue weighted by atomic mass is 9.94. The molecule has 3 aromatic carbocycles. The summed E-state index contributed by atoms with van der Waals surface area (Å²) >= 11 is 0. The molecule has 5 heteroatoms. The Balaban J connectivity index is 1.63. The van der Waals surface area contributed by atoms with Gasteiger partial charge in [-0.3, -0.25) is 9.59 Å². The fraction of sp³-hybridized carbons (Fsp3) is 0.192. The number of fused-ring (bicyclic) bond motifs is 1. The third-order valence-electron chi connectivity index (χ3n) is 5.54. The topological polar surface area (TPSA) is 72.5 Å². The van der Waals surface area contributed by atoms with Crippen LogP contribution in [0.2, 0.25) is 0 Å². The predicted octanol–water partition coefficient (Wildman–Crippen LogP) is 3.75. The zero-order valence-electron chi connectivity index (χ0n) is 17.3. The third kappa shape index (κ3) is 4.12. The van der Waals surface area contributed by atoms with Gasteiger partial charge in [-0.05, 0) is 36.2 Å². The maximum Gasteiger partial charge on any atom is 0.332 e. The van der Waals surface area contributed by atoms with Crippen molar-refractivity contribution < 1.29 is 19.1 Å². The summed E-state index contributed by atoms with van der Waals surface area (Å²) in [7, 11) is 0. The second-order valence-electron chi connectivity index (χ2n) is 7.65. The molecule has 1 N–H and O–H groups in total. The maximum atomic E-state index is 12.9. The lowest BCUT2D eigenvalue weighted by Gasteiger charge is -2.28. The van der Waals surface area contributed by atoms with Crippen LogP contribution in [0.1, 0.15) is 44.3 Å². The number of ketones is 1. The Morgan fingerprint density at radius 3 is 2.06 bits per heavy atom. The number of hydrogen-bond acceptors (Lipinski definition) is 4. The van der Waals surface area contributed by atoms with Crippen molar-refractivity contribution in [2.24, 2.45) is 0 Å². The Hall–Kier alpha value is -3.73. The lowest BCUT2D eigenvalue weighted by Crippen LogP contribution is -2.56. The van der Waals surface area contributed by atoms with E-state index in [1.165, 1.54) is 0 Å². The van der Waals surface area contributed by atoms with E-state index in [4.69, 9.17) is 4.74 Å². The molecule has 0 bridgehead atoms. The van der Waals surface area contributed by atoms with Crippen LogP contribution >= 0.6 is 0 Å². The average molecular weight is 413 g/mol. The molecule has 1 aliphatic rings. The molecule has 4 rings (SSSR count). The molecule has 5 nitrogen and oxygen atoms in total. The molecule has 0 heterocycles. The highest BCUT2D eigenvalue weighted by molar-refractivity contribution is 6.09. The van der Waals surface area contributed by atoms with E-state index in [1.807, 2.05) is 36.4 Å². The Kier molecular flexibility index (Phi) is 5.67. The molecule has 0 aromatic heterocycles. The highest BCUT2D eigenvalue weighted by Crippen LogP contribution is 2.33. The van der Waals surface area contributed by atoms with Gasteiger partial charge in [0.25, 0.3) is 5.91 Å². The van der Waals surface area contributed by atoms with Crippen molar-refractivity contribution in [1.29, 1.82) is 0 Å². The number of hydrogen-bond donors (Lipinski definition) is 1. The summed E-state index contributed by atoms with van der Waals surface area (Å²) in [4.78, 5) is 38.6. The van der Waals surface area contributed by atoms with Gasteiger partial charge in [-0.25, -0.2) is 4.79 Å². The number of rotatable bonds is 6. The Morgan fingerprint density at radius 1 is 0.806 bits per heavy atom. The molecule has 0 radical (unpaired) electrons. The first-order valence-corrected chi connectivity index (χ1v) is 10.3. The van der Waals surface area contributed by atoms with Gasteiger partial charge in [-0.15, -0.1) is 0 Å². The highest BCUT2D eigenvalue weighted by Gasteiger charge is 2.46. The molecule has 1 amide bonds. The van der Waals surface area contributed by atoms with Crippen LogP contribution in [0.25, 0.3) is 0 Å². The summed E-state index contributed by atoms with van der Waals surface area (Å²) < 4.78 is 5.32. The van der Waals surface area contributed by atoms with E-state index in [0.29, 0.717) is 23.1 Å². The van der Waals surface area contributed by atoms with Crippen LogP contribution in [0, 0.1) is 0 Å². The van der Waals surface area contributed by atoms with Crippen molar-refractivity contribution >= 4 is 17.7 Å². The SMILES string of the molecule is CCOC(=O)[C@@]1(NC(=O)c2ccccc2)Cc2ccc(C(=O)c3ccccc3)cc2C1. The van der Waals surface area contributed by atoms with Gasteiger partial charge < -0.3 is 10.1 Å². The molecule has 1 aliphatic carbocycles. The Labute approximate surface area is 181 Å². The van der Waals surface area contributed by atoms with Crippen LogP contribution in [0.3, 0.4) is 0 Å². The maximum absolute atomic E-state index is 12.9. The molecule has 0 unspecified atom stereocenters. The van der Waals surface area contributed by atoms with E-state index in [9.17, 15) is 14.4 Å². The molecule has 0 aliphatic heterocycles. The second kappa shape index (κ2) is 8.56. The highest BCUT2D eigenvalue weighted by atomic mass is 16.5. The van der Waals surface area contributed by atoms with Crippen LogP contribution in [0.4, 0.5) is 0 Å². The molecule has 0 spiro atoms. The normalized spacial score (nSPS) is 16.9. The summed E-state index contributed by atoms with van der Waals surface area (Å²) in [5, 5.41) is 2.92.